The molecule has 0 saturated carbocycles. The summed E-state index contributed by atoms with van der Waals surface area (Å²) in [5.41, 5.74) is 0.208. The van der Waals surface area contributed by atoms with Crippen LogP contribution in [0.25, 0.3) is 21.5 Å². The number of carboxylic acids is 1. The fourth-order valence-corrected chi connectivity index (χ4v) is 7.41. The fraction of sp³-hybridized carbons (Fsp3) is 0.352. The number of benzene rings is 4. The van der Waals surface area contributed by atoms with Crippen LogP contribution in [0, 0.1) is 23.3 Å². The van der Waals surface area contributed by atoms with Crippen LogP contribution in [0.3, 0.4) is 0 Å². The van der Waals surface area contributed by atoms with Gasteiger partial charge in [0.1, 0.15) is 24.8 Å². The number of aliphatic hydroxyl groups excluding tert-OH is 1. The average Bonchev–Trinajstić information content (AvgIpc) is 3.36. The number of hydrogen-bond donors (Lipinski definition) is 4. The van der Waals surface area contributed by atoms with E-state index in [9.17, 15) is 41.5 Å². The number of aliphatic hydroxyl groups is 1. The summed E-state index contributed by atoms with van der Waals surface area (Å²) < 4.78 is 65.3. The van der Waals surface area contributed by atoms with Gasteiger partial charge in [0.05, 0.1) is 12.1 Å². The van der Waals surface area contributed by atoms with Gasteiger partial charge >= 0.3 is 18.2 Å². The highest BCUT2D eigenvalue weighted by Crippen LogP contribution is 2.21. The van der Waals surface area contributed by atoms with E-state index in [4.69, 9.17) is 19.7 Å². The number of carbonyl (C=O) groups excluding carboxylic acids is 4. The number of amides is 4. The third-order valence-electron chi connectivity index (χ3n) is 11.6. The molecule has 0 aliphatic rings. The Morgan fingerprint density at radius 2 is 0.973 bits per heavy atom. The second-order valence-electron chi connectivity index (χ2n) is 16.5. The molecule has 4 aromatic carbocycles. The largest absolute Gasteiger partial charge is 0.481 e. The molecule has 2 atom stereocenters. The number of ether oxygens (including phenoxy) is 2. The third-order valence-corrected chi connectivity index (χ3v) is 11.6. The molecule has 2 heterocycles. The van der Waals surface area contributed by atoms with Crippen LogP contribution < -0.4 is 10.6 Å². The van der Waals surface area contributed by atoms with Crippen LogP contribution in [0.2, 0.25) is 0 Å². The van der Waals surface area contributed by atoms with E-state index in [1.807, 2.05) is 48.5 Å². The smallest absolute Gasteiger partial charge is 0.412 e. The molecule has 4 N–H and O–H groups in total. The number of likely N-dealkylation sites (N-methyl/N-ethyl adjacent to an activating group) is 2. The summed E-state index contributed by atoms with van der Waals surface area (Å²) in [5, 5.41) is 26.8. The van der Waals surface area contributed by atoms with Crippen LogP contribution in [0.1, 0.15) is 77.3 Å². The van der Waals surface area contributed by atoms with Crippen LogP contribution >= 0.6 is 27.0 Å². The maximum atomic E-state index is 13.9. The zero-order chi connectivity index (χ0) is 51.3. The number of aliphatic carboxylic acids is 1. The van der Waals surface area contributed by atoms with Crippen molar-refractivity contribution in [2.24, 2.45) is 0 Å². The third kappa shape index (κ3) is 21.1. The molecule has 2 aromatic heterocycles. The normalized spacial score (nSPS) is 11.1. The van der Waals surface area contributed by atoms with Crippen LogP contribution in [0.15, 0.2) is 109 Å². The first-order chi connectivity index (χ1) is 34.1. The molecule has 408 valence electrons. The van der Waals surface area contributed by atoms with Crippen LogP contribution in [-0.2, 0) is 36.7 Å². The second kappa shape index (κ2) is 33.8. The molecule has 0 radical (unpaired) electrons. The standard InChI is InChI=1S/C26H27F2N3O5.C26H29F2N3O4.2CH4.2H2S/c1-31(23(32)13-12-17-8-4-10-21(27)25(17)28)20(9-5-11-24(33)34)16-36-26(35)30-22-14-18-6-2-3-7-19(18)15-29-22;1-31(24(33)13-12-18-9-6-11-22(27)25(18)28)21(10-4-5-14-32)17-35-26(34)30-23-15-19-7-2-3-8-20(19)16-29-23;;;;/h2-4,6-8,10,14-15,20H,5,9,11-13,16H2,1H3,(H,33,34)(H,29,30,35);2-3,6-9,11,15-16,21,32H,4-5,10,12-14,17H2,1H3,(H,29,30,34);2*1H4;2*1H2/t20-;21-;;;;/m00..../s1. The van der Waals surface area contributed by atoms with Crippen molar-refractivity contribution in [2.45, 2.75) is 91.1 Å². The summed E-state index contributed by atoms with van der Waals surface area (Å²) >= 11 is 0. The Bertz CT molecular complexity index is 2780. The second-order valence-corrected chi connectivity index (χ2v) is 16.5. The van der Waals surface area contributed by atoms with E-state index < -0.39 is 53.5 Å². The number of carbonyl (C=O) groups is 5. The topological polar surface area (TPSA) is 201 Å². The predicted molar refractivity (Wildman–Crippen MR) is 293 cm³/mol. The minimum Gasteiger partial charge on any atom is -0.481 e. The van der Waals surface area contributed by atoms with Gasteiger partial charge in [0.15, 0.2) is 23.3 Å². The minimum atomic E-state index is -0.992. The van der Waals surface area contributed by atoms with E-state index in [1.54, 1.807) is 31.6 Å². The SMILES string of the molecule is C.C.CN(C(=O)CCc1cccc(F)c1F)[C@@H](CCCC(=O)O)COC(=O)Nc1cc2ccccc2cn1.CN(C(=O)CCc1cccc(F)c1F)[C@@H](CCCCO)COC(=O)Nc1cc2ccccc2cn1.S.S. The van der Waals surface area contributed by atoms with Gasteiger partial charge in [0, 0.05) is 63.1 Å². The summed E-state index contributed by atoms with van der Waals surface area (Å²) in [6.45, 7) is -0.241. The summed E-state index contributed by atoms with van der Waals surface area (Å²) in [4.78, 5) is 72.3. The number of halogens is 4. The Morgan fingerprint density at radius 3 is 1.37 bits per heavy atom. The molecular formula is C54H68F4N6O9S2. The molecule has 6 aromatic rings. The fourth-order valence-electron chi connectivity index (χ4n) is 7.41. The summed E-state index contributed by atoms with van der Waals surface area (Å²) in [5.74, 6) is -4.90. The van der Waals surface area contributed by atoms with Crippen LogP contribution in [-0.4, -0.2) is 106 Å². The van der Waals surface area contributed by atoms with Crippen molar-refractivity contribution < 1.29 is 61.2 Å². The molecule has 0 saturated heterocycles. The van der Waals surface area contributed by atoms with Gasteiger partial charge in [-0.05, 0) is 91.1 Å². The number of fused-ring (bicyclic) bond motifs is 2. The number of rotatable bonds is 22. The number of carboxylic acid groups (broad SMARTS) is 1. The van der Waals surface area contributed by atoms with Crippen molar-refractivity contribution in [1.29, 1.82) is 0 Å². The van der Waals surface area contributed by atoms with Gasteiger partial charge in [-0.15, -0.1) is 0 Å². The number of unbranched alkanes of at least 4 members (excludes halogenated alkanes) is 1. The molecule has 0 aliphatic carbocycles. The van der Waals surface area contributed by atoms with E-state index >= 15 is 0 Å². The van der Waals surface area contributed by atoms with Gasteiger partial charge in [-0.25, -0.2) is 37.1 Å². The van der Waals surface area contributed by atoms with E-state index in [0.29, 0.717) is 30.9 Å². The number of aromatic nitrogens is 2. The number of pyridine rings is 2. The summed E-state index contributed by atoms with van der Waals surface area (Å²) in [6, 6.07) is 25.1. The molecule has 4 amide bonds. The monoisotopic (exact) mass is 1080 g/mol. The molecular weight excluding hydrogens is 1020 g/mol. The maximum absolute atomic E-state index is 13.9. The Labute approximate surface area is 448 Å². The van der Waals surface area contributed by atoms with Gasteiger partial charge in [0.25, 0.3) is 0 Å². The van der Waals surface area contributed by atoms with Gasteiger partial charge in [-0.3, -0.25) is 25.0 Å². The minimum absolute atomic E-state index is 0. The van der Waals surface area contributed by atoms with E-state index in [-0.39, 0.29) is 130 Å². The quantitative estimate of drug-likeness (QED) is 0.0372. The highest BCUT2D eigenvalue weighted by Gasteiger charge is 2.24. The number of nitrogens with zero attached hydrogens (tertiary/aromatic N) is 4. The Hall–Kier alpha value is -6.97. The van der Waals surface area contributed by atoms with Crippen LogP contribution in [0.5, 0.6) is 0 Å². The molecule has 0 unspecified atom stereocenters. The molecule has 0 spiro atoms. The molecule has 0 bridgehead atoms. The lowest BCUT2D eigenvalue weighted by Crippen LogP contribution is -2.41. The van der Waals surface area contributed by atoms with E-state index in [0.717, 1.165) is 33.7 Å². The van der Waals surface area contributed by atoms with Gasteiger partial charge in [0.2, 0.25) is 11.8 Å². The number of hydrogen-bond acceptors (Lipinski definition) is 10. The molecule has 75 heavy (non-hydrogen) atoms. The first kappa shape index (κ1) is 66.0. The van der Waals surface area contributed by atoms with E-state index in [2.05, 4.69) is 20.6 Å². The lowest BCUT2D eigenvalue weighted by atomic mass is 10.1. The summed E-state index contributed by atoms with van der Waals surface area (Å²) in [6.07, 6.45) is 3.77. The molecule has 0 fully saturated rings. The van der Waals surface area contributed by atoms with Crippen molar-refractivity contribution in [2.75, 3.05) is 44.5 Å². The predicted octanol–water partition coefficient (Wildman–Crippen LogP) is 11.0. The molecule has 15 nitrogen and oxygen atoms in total. The van der Waals surface area contributed by atoms with Crippen molar-refractivity contribution in [3.63, 3.8) is 0 Å². The van der Waals surface area contributed by atoms with Gasteiger partial charge < -0.3 is 29.5 Å². The van der Waals surface area contributed by atoms with Crippen LogP contribution in [0.4, 0.5) is 38.8 Å². The van der Waals surface area contributed by atoms with Gasteiger partial charge in [-0.1, -0.05) is 87.6 Å². The Balaban J connectivity index is 0.000000712. The first-order valence-electron chi connectivity index (χ1n) is 22.9. The highest BCUT2D eigenvalue weighted by molar-refractivity contribution is 7.59. The summed E-state index contributed by atoms with van der Waals surface area (Å²) in [7, 11) is 3.09. The van der Waals surface area contributed by atoms with Gasteiger partial charge in [-0.2, -0.15) is 27.0 Å². The van der Waals surface area contributed by atoms with Crippen molar-refractivity contribution in [3.8, 4) is 0 Å². The highest BCUT2D eigenvalue weighted by atomic mass is 32.1. The maximum Gasteiger partial charge on any atom is 0.412 e. The average molecular weight is 1090 g/mol. The van der Waals surface area contributed by atoms with Crippen molar-refractivity contribution >= 4 is 90.1 Å². The number of nitrogens with one attached hydrogen (secondary N) is 2. The Kier molecular flexibility index (Phi) is 29.7. The zero-order valence-corrected chi connectivity index (χ0v) is 42.3. The lowest BCUT2D eigenvalue weighted by Gasteiger charge is -2.28. The molecule has 0 aliphatic heterocycles. The molecule has 6 rings (SSSR count). The Morgan fingerprint density at radius 1 is 0.573 bits per heavy atom. The first-order valence-corrected chi connectivity index (χ1v) is 22.9. The lowest BCUT2D eigenvalue weighted by molar-refractivity contribution is -0.137. The number of anilines is 2. The number of aryl methyl sites for hydroxylation is 2. The van der Waals surface area contributed by atoms with E-state index in [1.165, 1.54) is 41.1 Å². The van der Waals surface area contributed by atoms with Crippen molar-refractivity contribution in [3.05, 3.63) is 144 Å². The van der Waals surface area contributed by atoms with Crippen molar-refractivity contribution in [1.82, 2.24) is 19.8 Å². The zero-order valence-electron chi connectivity index (χ0n) is 40.3. The molecule has 21 heteroatoms.